The molecule has 2 atom stereocenters. The van der Waals surface area contributed by atoms with Crippen molar-refractivity contribution in [1.29, 1.82) is 0 Å². The van der Waals surface area contributed by atoms with Crippen LogP contribution in [0, 0.1) is 5.92 Å². The minimum absolute atomic E-state index is 0.324. The highest BCUT2D eigenvalue weighted by atomic mass is 35.5. The molecule has 4 rings (SSSR count). The summed E-state index contributed by atoms with van der Waals surface area (Å²) < 4.78 is 4.83. The molecule has 7 nitrogen and oxygen atoms in total. The van der Waals surface area contributed by atoms with E-state index in [1.807, 2.05) is 42.5 Å². The van der Waals surface area contributed by atoms with Gasteiger partial charge in [-0.15, -0.1) is 0 Å². The number of nitrogens with zero attached hydrogens (tertiary/aromatic N) is 2. The Hall–Kier alpha value is -3.68. The molecule has 37 heavy (non-hydrogen) atoms. The molecular formula is C28H25Cl2N3O4. The summed E-state index contributed by atoms with van der Waals surface area (Å²) in [7, 11) is 1.26. The van der Waals surface area contributed by atoms with Gasteiger partial charge in [-0.05, 0) is 30.2 Å². The first-order valence-corrected chi connectivity index (χ1v) is 12.4. The van der Waals surface area contributed by atoms with Crippen LogP contribution in [0.5, 0.6) is 0 Å². The fraction of sp³-hybridized carbons (Fsp3) is 0.214. The zero-order valence-electron chi connectivity index (χ0n) is 20.3. The van der Waals surface area contributed by atoms with E-state index in [4.69, 9.17) is 32.9 Å². The standard InChI is InChI=1S/C28H25Cl2N3O4/c1-17(14-18-12-13-21(29)22(30)15-18)27(35)32-26-28(36)33(16-24(34)37-2)23-11-7-6-10-20(23)25(31-26)19-8-4-3-5-9-19/h3-13,15,17,26H,14,16H2,1-2H3,(H,32,35). The first-order chi connectivity index (χ1) is 17.8. The number of fused-ring (bicyclic) bond motifs is 1. The van der Waals surface area contributed by atoms with E-state index < -0.39 is 24.0 Å². The molecule has 9 heteroatoms. The summed E-state index contributed by atoms with van der Waals surface area (Å²) >= 11 is 12.1. The van der Waals surface area contributed by atoms with Crippen molar-refractivity contribution in [2.45, 2.75) is 19.5 Å². The Bertz CT molecular complexity index is 1360. The average molecular weight is 538 g/mol. The van der Waals surface area contributed by atoms with E-state index in [-0.39, 0.29) is 12.5 Å². The number of amides is 2. The number of carbonyl (C=O) groups is 3. The van der Waals surface area contributed by atoms with Gasteiger partial charge >= 0.3 is 5.97 Å². The van der Waals surface area contributed by atoms with Gasteiger partial charge in [0.15, 0.2) is 0 Å². The number of halogens is 2. The zero-order chi connectivity index (χ0) is 26.5. The van der Waals surface area contributed by atoms with E-state index in [1.54, 1.807) is 37.3 Å². The minimum atomic E-state index is -1.25. The highest BCUT2D eigenvalue weighted by Crippen LogP contribution is 2.29. The lowest BCUT2D eigenvalue weighted by atomic mass is 10.00. The zero-order valence-corrected chi connectivity index (χ0v) is 21.8. The molecule has 0 saturated heterocycles. The Morgan fingerprint density at radius 2 is 1.73 bits per heavy atom. The van der Waals surface area contributed by atoms with Crippen LogP contribution in [0.1, 0.15) is 23.6 Å². The molecule has 1 N–H and O–H groups in total. The highest BCUT2D eigenvalue weighted by Gasteiger charge is 2.35. The molecule has 0 aromatic heterocycles. The van der Waals surface area contributed by atoms with E-state index in [0.29, 0.717) is 33.4 Å². The van der Waals surface area contributed by atoms with E-state index in [2.05, 4.69) is 5.32 Å². The van der Waals surface area contributed by atoms with Crippen LogP contribution in [-0.2, 0) is 25.5 Å². The van der Waals surface area contributed by atoms with Gasteiger partial charge in [0.05, 0.1) is 28.6 Å². The van der Waals surface area contributed by atoms with Gasteiger partial charge in [-0.25, -0.2) is 4.99 Å². The van der Waals surface area contributed by atoms with Gasteiger partial charge in [0.2, 0.25) is 12.1 Å². The van der Waals surface area contributed by atoms with E-state index in [0.717, 1.165) is 11.1 Å². The third kappa shape index (κ3) is 6.01. The maximum Gasteiger partial charge on any atom is 0.325 e. The fourth-order valence-corrected chi connectivity index (χ4v) is 4.42. The van der Waals surface area contributed by atoms with Crippen LogP contribution in [-0.4, -0.2) is 43.3 Å². The van der Waals surface area contributed by atoms with E-state index in [1.165, 1.54) is 12.0 Å². The normalized spacial score (nSPS) is 15.8. The van der Waals surface area contributed by atoms with Gasteiger partial charge in [-0.1, -0.05) is 84.7 Å². The summed E-state index contributed by atoms with van der Waals surface area (Å²) in [6, 6.07) is 21.7. The summed E-state index contributed by atoms with van der Waals surface area (Å²) in [5, 5.41) is 3.61. The van der Waals surface area contributed by atoms with Crippen molar-refractivity contribution in [3.8, 4) is 0 Å². The van der Waals surface area contributed by atoms with Gasteiger partial charge in [0.1, 0.15) is 6.54 Å². The van der Waals surface area contributed by atoms with Crippen molar-refractivity contribution < 1.29 is 19.1 Å². The lowest BCUT2D eigenvalue weighted by Crippen LogP contribution is -2.50. The van der Waals surface area contributed by atoms with Crippen LogP contribution < -0.4 is 10.2 Å². The molecule has 2 amide bonds. The second-order valence-corrected chi connectivity index (χ2v) is 9.44. The Morgan fingerprint density at radius 1 is 1.03 bits per heavy atom. The van der Waals surface area contributed by atoms with Gasteiger partial charge in [-0.2, -0.15) is 0 Å². The second kappa shape index (κ2) is 11.6. The molecule has 1 aliphatic rings. The van der Waals surface area contributed by atoms with Crippen LogP contribution in [0.25, 0.3) is 0 Å². The van der Waals surface area contributed by atoms with Crippen LogP contribution in [0.3, 0.4) is 0 Å². The number of carbonyl (C=O) groups excluding carboxylic acids is 3. The summed E-state index contributed by atoms with van der Waals surface area (Å²) in [6.07, 6.45) is -0.874. The van der Waals surface area contributed by atoms with Gasteiger partial charge in [-0.3, -0.25) is 19.3 Å². The predicted octanol–water partition coefficient (Wildman–Crippen LogP) is 4.67. The number of hydrogen-bond donors (Lipinski definition) is 1. The molecule has 3 aromatic rings. The van der Waals surface area contributed by atoms with Crippen molar-refractivity contribution >= 4 is 52.4 Å². The smallest absolute Gasteiger partial charge is 0.325 e. The predicted molar refractivity (Wildman–Crippen MR) is 144 cm³/mol. The third-order valence-corrected chi connectivity index (χ3v) is 6.76. The summed E-state index contributed by atoms with van der Waals surface area (Å²) in [5.74, 6) is -2.01. The lowest BCUT2D eigenvalue weighted by Gasteiger charge is -2.25. The Kier molecular flexibility index (Phi) is 8.26. The van der Waals surface area contributed by atoms with Crippen molar-refractivity contribution in [1.82, 2.24) is 5.32 Å². The van der Waals surface area contributed by atoms with Crippen molar-refractivity contribution in [2.24, 2.45) is 10.9 Å². The topological polar surface area (TPSA) is 88.1 Å². The third-order valence-electron chi connectivity index (χ3n) is 6.02. The van der Waals surface area contributed by atoms with Crippen LogP contribution in [0.2, 0.25) is 10.0 Å². The number of ether oxygens (including phenoxy) is 1. The van der Waals surface area contributed by atoms with E-state index in [9.17, 15) is 14.4 Å². The van der Waals surface area contributed by atoms with Gasteiger partial charge < -0.3 is 10.1 Å². The quantitative estimate of drug-likeness (QED) is 0.443. The van der Waals surface area contributed by atoms with Crippen LogP contribution >= 0.6 is 23.2 Å². The Balaban J connectivity index is 1.69. The molecule has 1 aliphatic heterocycles. The first-order valence-electron chi connectivity index (χ1n) is 11.6. The number of rotatable bonds is 7. The van der Waals surface area contributed by atoms with Crippen LogP contribution in [0.15, 0.2) is 77.8 Å². The van der Waals surface area contributed by atoms with Gasteiger partial charge in [0, 0.05) is 17.0 Å². The van der Waals surface area contributed by atoms with E-state index >= 15 is 0 Å². The molecule has 0 fully saturated rings. The monoisotopic (exact) mass is 537 g/mol. The summed E-state index contributed by atoms with van der Waals surface area (Å²) in [6.45, 7) is 1.43. The Morgan fingerprint density at radius 3 is 2.43 bits per heavy atom. The summed E-state index contributed by atoms with van der Waals surface area (Å²) in [5.41, 5.74) is 3.29. The number of anilines is 1. The van der Waals surface area contributed by atoms with Crippen LogP contribution in [0.4, 0.5) is 5.69 Å². The molecule has 0 bridgehead atoms. The number of methoxy groups -OCH3 is 1. The molecule has 1 heterocycles. The first kappa shape index (κ1) is 26.4. The number of benzodiazepines with no additional fused rings is 1. The largest absolute Gasteiger partial charge is 0.468 e. The number of para-hydroxylation sites is 1. The highest BCUT2D eigenvalue weighted by molar-refractivity contribution is 6.42. The molecule has 0 saturated carbocycles. The molecule has 0 aliphatic carbocycles. The molecule has 0 spiro atoms. The van der Waals surface area contributed by atoms with Crippen molar-refractivity contribution in [3.05, 3.63) is 99.5 Å². The molecular weight excluding hydrogens is 513 g/mol. The second-order valence-electron chi connectivity index (χ2n) is 8.63. The number of aliphatic imine (C=N–C) groups is 1. The molecule has 2 unspecified atom stereocenters. The fourth-order valence-electron chi connectivity index (χ4n) is 4.10. The number of nitrogens with one attached hydrogen (secondary N) is 1. The SMILES string of the molecule is COC(=O)CN1C(=O)C(NC(=O)C(C)Cc2ccc(Cl)c(Cl)c2)N=C(c2ccccc2)c2ccccc21. The lowest BCUT2D eigenvalue weighted by molar-refractivity contribution is -0.140. The average Bonchev–Trinajstić information content (AvgIpc) is 3.01. The molecule has 3 aromatic carbocycles. The molecule has 0 radical (unpaired) electrons. The summed E-state index contributed by atoms with van der Waals surface area (Å²) in [4.78, 5) is 45.2. The maximum atomic E-state index is 13.7. The number of hydrogen-bond acceptors (Lipinski definition) is 5. The maximum absolute atomic E-state index is 13.7. The number of benzene rings is 3. The van der Waals surface area contributed by atoms with Gasteiger partial charge in [0.25, 0.3) is 5.91 Å². The van der Waals surface area contributed by atoms with Crippen molar-refractivity contribution in [2.75, 3.05) is 18.6 Å². The minimum Gasteiger partial charge on any atom is -0.468 e. The Labute approximate surface area is 225 Å². The number of esters is 1. The molecule has 190 valence electrons. The van der Waals surface area contributed by atoms with Crippen molar-refractivity contribution in [3.63, 3.8) is 0 Å².